The monoisotopic (exact) mass is 311 g/mol. The van der Waals surface area contributed by atoms with Crippen LogP contribution in [-0.4, -0.2) is 15.4 Å². The lowest BCUT2D eigenvalue weighted by molar-refractivity contribution is -0.141. The summed E-state index contributed by atoms with van der Waals surface area (Å²) in [5.41, 5.74) is 2.30. The first-order valence-electron chi connectivity index (χ1n) is 6.68. The highest BCUT2D eigenvalue weighted by atomic mass is 35.5. The van der Waals surface area contributed by atoms with Gasteiger partial charge in [0.2, 0.25) is 0 Å². The Morgan fingerprint density at radius 2 is 2.18 bits per heavy atom. The fraction of sp³-hybridized carbons (Fsp3) is 0.0625. The standard InChI is InChI=1S/C16H10ClN3O2/c1-9(21)22-19-14-12-3-2-8-20(12)16-11(17)5-4-10-6-7-18-15(14)13(10)16/h2-8H,1H3. The number of nitrogens with zero attached hydrogens (tertiary/aromatic N) is 3. The van der Waals surface area contributed by atoms with Crippen LogP contribution in [0.15, 0.2) is 47.9 Å². The second-order valence-electron chi connectivity index (χ2n) is 4.94. The summed E-state index contributed by atoms with van der Waals surface area (Å²) >= 11 is 6.40. The van der Waals surface area contributed by atoms with Crippen LogP contribution in [-0.2, 0) is 9.63 Å². The van der Waals surface area contributed by atoms with E-state index in [1.807, 2.05) is 40.9 Å². The van der Waals surface area contributed by atoms with Crippen LogP contribution in [0.1, 0.15) is 6.92 Å². The second-order valence-corrected chi connectivity index (χ2v) is 5.35. The number of pyridine rings is 2. The van der Waals surface area contributed by atoms with Crippen LogP contribution in [0, 0.1) is 0 Å². The van der Waals surface area contributed by atoms with Gasteiger partial charge in [-0.2, -0.15) is 0 Å². The van der Waals surface area contributed by atoms with E-state index in [1.54, 1.807) is 6.20 Å². The van der Waals surface area contributed by atoms with Gasteiger partial charge in [0.1, 0.15) is 5.52 Å². The molecule has 0 aliphatic heterocycles. The van der Waals surface area contributed by atoms with E-state index in [1.165, 1.54) is 6.92 Å². The number of carbonyl (C=O) groups is 1. The van der Waals surface area contributed by atoms with Gasteiger partial charge < -0.3 is 9.24 Å². The summed E-state index contributed by atoms with van der Waals surface area (Å²) in [5, 5.41) is 7.03. The number of rotatable bonds is 1. The number of carbonyl (C=O) groups excluding carboxylic acids is 1. The predicted molar refractivity (Wildman–Crippen MR) is 83.7 cm³/mol. The third-order valence-electron chi connectivity index (χ3n) is 3.58. The Labute approximate surface area is 129 Å². The molecule has 0 unspecified atom stereocenters. The normalized spacial score (nSPS) is 12.5. The smallest absolute Gasteiger partial charge is 0.318 e. The minimum atomic E-state index is -0.477. The van der Waals surface area contributed by atoms with Gasteiger partial charge in [0.05, 0.1) is 16.1 Å². The maximum Gasteiger partial charge on any atom is 0.332 e. The van der Waals surface area contributed by atoms with E-state index in [4.69, 9.17) is 16.4 Å². The quantitative estimate of drug-likeness (QED) is 0.401. The Hall–Kier alpha value is -2.66. The van der Waals surface area contributed by atoms with Crippen molar-refractivity contribution in [2.45, 2.75) is 6.92 Å². The Balaban J connectivity index is 2.33. The third-order valence-corrected chi connectivity index (χ3v) is 3.88. The van der Waals surface area contributed by atoms with Crippen molar-refractivity contribution >= 4 is 44.9 Å². The number of aromatic nitrogens is 2. The largest absolute Gasteiger partial charge is 0.332 e. The van der Waals surface area contributed by atoms with E-state index in [0.717, 1.165) is 21.8 Å². The van der Waals surface area contributed by atoms with Crippen molar-refractivity contribution in [2.75, 3.05) is 0 Å². The van der Waals surface area contributed by atoms with E-state index < -0.39 is 5.97 Å². The summed E-state index contributed by atoms with van der Waals surface area (Å²) in [6.07, 6.45) is 3.60. The summed E-state index contributed by atoms with van der Waals surface area (Å²) < 4.78 is 1.93. The van der Waals surface area contributed by atoms with Crippen molar-refractivity contribution in [3.63, 3.8) is 0 Å². The molecule has 0 amide bonds. The van der Waals surface area contributed by atoms with Gasteiger partial charge in [-0.25, -0.2) is 4.79 Å². The van der Waals surface area contributed by atoms with Crippen LogP contribution in [0.4, 0.5) is 0 Å². The molecule has 6 heteroatoms. The fourth-order valence-corrected chi connectivity index (χ4v) is 2.98. The molecule has 0 saturated heterocycles. The van der Waals surface area contributed by atoms with Crippen LogP contribution in [0.5, 0.6) is 0 Å². The van der Waals surface area contributed by atoms with Crippen LogP contribution in [0.25, 0.3) is 27.3 Å². The Morgan fingerprint density at radius 3 is 3.00 bits per heavy atom. The van der Waals surface area contributed by atoms with Gasteiger partial charge >= 0.3 is 5.97 Å². The summed E-state index contributed by atoms with van der Waals surface area (Å²) in [5.74, 6) is -0.477. The zero-order valence-corrected chi connectivity index (χ0v) is 12.3. The number of halogens is 1. The van der Waals surface area contributed by atoms with Gasteiger partial charge in [0.15, 0.2) is 5.36 Å². The molecule has 0 aliphatic carbocycles. The lowest BCUT2D eigenvalue weighted by Gasteiger charge is -2.10. The molecule has 0 bridgehead atoms. The zero-order chi connectivity index (χ0) is 15.3. The van der Waals surface area contributed by atoms with Gasteiger partial charge in [-0.1, -0.05) is 22.8 Å². The summed E-state index contributed by atoms with van der Waals surface area (Å²) in [7, 11) is 0. The third kappa shape index (κ3) is 1.76. The molecule has 3 heterocycles. The molecule has 0 aliphatic rings. The molecular formula is C16H10ClN3O2. The fourth-order valence-electron chi connectivity index (χ4n) is 2.73. The van der Waals surface area contributed by atoms with E-state index in [9.17, 15) is 4.79 Å². The molecule has 0 fully saturated rings. The minimum absolute atomic E-state index is 0.477. The van der Waals surface area contributed by atoms with Crippen molar-refractivity contribution in [3.05, 3.63) is 53.1 Å². The molecule has 0 saturated carbocycles. The maximum atomic E-state index is 11.1. The van der Waals surface area contributed by atoms with E-state index in [-0.39, 0.29) is 0 Å². The highest BCUT2D eigenvalue weighted by Crippen LogP contribution is 2.30. The molecule has 3 aromatic heterocycles. The van der Waals surface area contributed by atoms with Crippen molar-refractivity contribution in [3.8, 4) is 0 Å². The maximum absolute atomic E-state index is 11.1. The van der Waals surface area contributed by atoms with E-state index in [2.05, 4.69) is 10.1 Å². The molecule has 0 atom stereocenters. The van der Waals surface area contributed by atoms with Crippen LogP contribution >= 0.6 is 11.6 Å². The highest BCUT2D eigenvalue weighted by molar-refractivity contribution is 6.36. The summed E-state index contributed by atoms with van der Waals surface area (Å²) in [6, 6.07) is 9.48. The number of fused-ring (bicyclic) bond motifs is 2. The average Bonchev–Trinajstić information content (AvgIpc) is 2.97. The van der Waals surface area contributed by atoms with Crippen LogP contribution in [0.2, 0.25) is 5.02 Å². The Bertz CT molecular complexity index is 1100. The van der Waals surface area contributed by atoms with Crippen molar-refractivity contribution < 1.29 is 9.63 Å². The zero-order valence-electron chi connectivity index (χ0n) is 11.6. The SMILES string of the molecule is CC(=O)ON=c1c2nccc3ccc(Cl)c(c32)n2cccc12. The highest BCUT2D eigenvalue weighted by Gasteiger charge is 2.14. The molecule has 0 spiro atoms. The Kier molecular flexibility index (Phi) is 2.77. The first-order valence-corrected chi connectivity index (χ1v) is 7.06. The van der Waals surface area contributed by atoms with Gasteiger partial charge in [-0.3, -0.25) is 4.98 Å². The molecule has 108 valence electrons. The topological polar surface area (TPSA) is 56.0 Å². The van der Waals surface area contributed by atoms with Gasteiger partial charge in [-0.15, -0.1) is 0 Å². The lowest BCUT2D eigenvalue weighted by Crippen LogP contribution is -2.12. The van der Waals surface area contributed by atoms with Crippen LogP contribution < -0.4 is 5.36 Å². The van der Waals surface area contributed by atoms with Gasteiger partial charge in [0.25, 0.3) is 0 Å². The molecule has 0 N–H and O–H groups in total. The van der Waals surface area contributed by atoms with Gasteiger partial charge in [-0.05, 0) is 29.7 Å². The molecular weight excluding hydrogens is 302 g/mol. The molecule has 1 aromatic carbocycles. The predicted octanol–water partition coefficient (Wildman–Crippen LogP) is 3.11. The number of hydrogen-bond acceptors (Lipinski definition) is 4. The minimum Gasteiger partial charge on any atom is -0.318 e. The van der Waals surface area contributed by atoms with E-state index >= 15 is 0 Å². The average molecular weight is 312 g/mol. The number of benzene rings is 1. The van der Waals surface area contributed by atoms with Crippen molar-refractivity contribution in [1.82, 2.24) is 9.38 Å². The van der Waals surface area contributed by atoms with Crippen molar-refractivity contribution in [2.24, 2.45) is 5.16 Å². The Morgan fingerprint density at radius 1 is 1.32 bits per heavy atom. The van der Waals surface area contributed by atoms with Crippen LogP contribution in [0.3, 0.4) is 0 Å². The summed E-state index contributed by atoms with van der Waals surface area (Å²) in [4.78, 5) is 20.4. The number of hydrogen-bond donors (Lipinski definition) is 0. The summed E-state index contributed by atoms with van der Waals surface area (Å²) in [6.45, 7) is 1.31. The van der Waals surface area contributed by atoms with Gasteiger partial charge in [0, 0.05) is 24.7 Å². The molecule has 5 nitrogen and oxygen atoms in total. The molecule has 4 rings (SSSR count). The van der Waals surface area contributed by atoms with Crippen molar-refractivity contribution in [1.29, 1.82) is 0 Å². The molecule has 22 heavy (non-hydrogen) atoms. The first kappa shape index (κ1) is 13.0. The lowest BCUT2D eigenvalue weighted by atomic mass is 10.1. The molecule has 0 radical (unpaired) electrons. The first-order chi connectivity index (χ1) is 10.7. The molecule has 4 aromatic rings. The second kappa shape index (κ2) is 4.68. The van der Waals surface area contributed by atoms with E-state index in [0.29, 0.717) is 15.9 Å².